The van der Waals surface area contributed by atoms with Gasteiger partial charge in [0.2, 0.25) is 5.91 Å². The van der Waals surface area contributed by atoms with Crippen molar-refractivity contribution >= 4 is 18.0 Å². The Bertz CT molecular complexity index is 610. The molecule has 0 radical (unpaired) electrons. The van der Waals surface area contributed by atoms with Crippen LogP contribution in [0.4, 0.5) is 0 Å². The molecule has 0 unspecified atom stereocenters. The van der Waals surface area contributed by atoms with E-state index in [1.807, 2.05) is 0 Å². The van der Waals surface area contributed by atoms with Crippen molar-refractivity contribution in [1.82, 2.24) is 10.7 Å². The summed E-state index contributed by atoms with van der Waals surface area (Å²) in [5, 5.41) is 16.1. The largest absolute Gasteiger partial charge is 0.504 e. The van der Waals surface area contributed by atoms with Gasteiger partial charge in [0.05, 0.1) is 19.9 Å². The number of methoxy groups -OCH3 is 1. The Morgan fingerprint density at radius 3 is 2.75 bits per heavy atom. The SMILES string of the molecule is COc1ccc(C=NNC(=O)CNC(=O)C2CCCCC2)cc1O. The van der Waals surface area contributed by atoms with Crippen LogP contribution >= 0.6 is 0 Å². The summed E-state index contributed by atoms with van der Waals surface area (Å²) in [6.45, 7) is -0.0967. The van der Waals surface area contributed by atoms with Gasteiger partial charge in [-0.2, -0.15) is 5.10 Å². The summed E-state index contributed by atoms with van der Waals surface area (Å²) in [6, 6.07) is 4.77. The lowest BCUT2D eigenvalue weighted by Crippen LogP contribution is -2.38. The van der Waals surface area contributed by atoms with Gasteiger partial charge < -0.3 is 15.2 Å². The van der Waals surface area contributed by atoms with Gasteiger partial charge in [-0.05, 0) is 36.6 Å². The Morgan fingerprint density at radius 1 is 1.33 bits per heavy atom. The van der Waals surface area contributed by atoms with Crippen LogP contribution < -0.4 is 15.5 Å². The van der Waals surface area contributed by atoms with Gasteiger partial charge in [-0.3, -0.25) is 9.59 Å². The number of hydrazone groups is 1. The molecule has 1 aromatic carbocycles. The number of aromatic hydroxyl groups is 1. The minimum absolute atomic E-state index is 0.00692. The van der Waals surface area contributed by atoms with Crippen LogP contribution in [0.3, 0.4) is 0 Å². The van der Waals surface area contributed by atoms with Crippen LogP contribution in [0.1, 0.15) is 37.7 Å². The number of phenolic OH excluding ortho intramolecular Hbond substituents is 1. The van der Waals surface area contributed by atoms with E-state index in [4.69, 9.17) is 4.74 Å². The van der Waals surface area contributed by atoms with Crippen LogP contribution in [-0.4, -0.2) is 36.8 Å². The van der Waals surface area contributed by atoms with E-state index in [2.05, 4.69) is 15.8 Å². The number of rotatable bonds is 6. The van der Waals surface area contributed by atoms with E-state index in [-0.39, 0.29) is 24.1 Å². The number of benzene rings is 1. The molecule has 0 saturated heterocycles. The number of carbonyl (C=O) groups excluding carboxylic acids is 2. The van der Waals surface area contributed by atoms with E-state index in [9.17, 15) is 14.7 Å². The summed E-state index contributed by atoms with van der Waals surface area (Å²) < 4.78 is 4.94. The second-order valence-electron chi connectivity index (χ2n) is 5.78. The maximum Gasteiger partial charge on any atom is 0.259 e. The molecule has 1 aliphatic carbocycles. The van der Waals surface area contributed by atoms with Crippen LogP contribution in [0.15, 0.2) is 23.3 Å². The number of carbonyl (C=O) groups is 2. The molecule has 0 spiro atoms. The van der Waals surface area contributed by atoms with Gasteiger partial charge >= 0.3 is 0 Å². The van der Waals surface area contributed by atoms with Crippen LogP contribution in [0, 0.1) is 5.92 Å². The predicted molar refractivity (Wildman–Crippen MR) is 90.0 cm³/mol. The molecular formula is C17H23N3O4. The van der Waals surface area contributed by atoms with Crippen molar-refractivity contribution in [3.8, 4) is 11.5 Å². The second kappa shape index (κ2) is 8.90. The third-order valence-electron chi connectivity index (χ3n) is 4.00. The highest BCUT2D eigenvalue weighted by molar-refractivity contribution is 5.87. The average molecular weight is 333 g/mol. The molecule has 2 rings (SSSR count). The van der Waals surface area contributed by atoms with Gasteiger partial charge in [0.25, 0.3) is 5.91 Å². The minimum atomic E-state index is -0.395. The summed E-state index contributed by atoms with van der Waals surface area (Å²) in [4.78, 5) is 23.6. The Hall–Kier alpha value is -2.57. The van der Waals surface area contributed by atoms with Crippen molar-refractivity contribution in [1.29, 1.82) is 0 Å². The van der Waals surface area contributed by atoms with Gasteiger partial charge in [0.1, 0.15) is 0 Å². The van der Waals surface area contributed by atoms with Crippen molar-refractivity contribution in [2.24, 2.45) is 11.0 Å². The number of nitrogens with one attached hydrogen (secondary N) is 2. The first-order valence-corrected chi connectivity index (χ1v) is 8.07. The fourth-order valence-electron chi connectivity index (χ4n) is 2.68. The smallest absolute Gasteiger partial charge is 0.259 e. The van der Waals surface area contributed by atoms with Gasteiger partial charge in [-0.15, -0.1) is 0 Å². The fraction of sp³-hybridized carbons (Fsp3) is 0.471. The van der Waals surface area contributed by atoms with Crippen molar-refractivity contribution < 1.29 is 19.4 Å². The molecule has 0 atom stereocenters. The van der Waals surface area contributed by atoms with Gasteiger partial charge in [0.15, 0.2) is 11.5 Å². The Kier molecular flexibility index (Phi) is 6.60. The van der Waals surface area contributed by atoms with Crippen molar-refractivity contribution in [3.63, 3.8) is 0 Å². The first kappa shape index (κ1) is 17.8. The van der Waals surface area contributed by atoms with Gasteiger partial charge in [-0.1, -0.05) is 19.3 Å². The van der Waals surface area contributed by atoms with E-state index < -0.39 is 5.91 Å². The van der Waals surface area contributed by atoms with Crippen molar-refractivity contribution in [2.45, 2.75) is 32.1 Å². The zero-order chi connectivity index (χ0) is 17.4. The lowest BCUT2D eigenvalue weighted by molar-refractivity contribution is -0.129. The Morgan fingerprint density at radius 2 is 2.08 bits per heavy atom. The Balaban J connectivity index is 1.74. The molecule has 0 heterocycles. The van der Waals surface area contributed by atoms with Crippen LogP contribution in [0.2, 0.25) is 0 Å². The molecule has 1 aromatic rings. The first-order valence-electron chi connectivity index (χ1n) is 8.07. The van der Waals surface area contributed by atoms with E-state index in [1.165, 1.54) is 25.8 Å². The second-order valence-corrected chi connectivity index (χ2v) is 5.78. The zero-order valence-electron chi connectivity index (χ0n) is 13.7. The molecule has 1 fully saturated rings. The highest BCUT2D eigenvalue weighted by atomic mass is 16.5. The summed E-state index contributed by atoms with van der Waals surface area (Å²) in [5.74, 6) is -0.0755. The third kappa shape index (κ3) is 5.26. The summed E-state index contributed by atoms with van der Waals surface area (Å²) in [5.41, 5.74) is 2.95. The number of amides is 2. The highest BCUT2D eigenvalue weighted by Crippen LogP contribution is 2.25. The molecule has 1 saturated carbocycles. The molecule has 7 heteroatoms. The zero-order valence-corrected chi connectivity index (χ0v) is 13.7. The monoisotopic (exact) mass is 333 g/mol. The molecule has 24 heavy (non-hydrogen) atoms. The van der Waals surface area contributed by atoms with Crippen molar-refractivity contribution in [3.05, 3.63) is 23.8 Å². The summed E-state index contributed by atoms with van der Waals surface area (Å²) >= 11 is 0. The maximum absolute atomic E-state index is 11.9. The topological polar surface area (TPSA) is 100 Å². The standard InChI is InChI=1S/C17H23N3O4/c1-24-15-8-7-12(9-14(15)21)10-19-20-16(22)11-18-17(23)13-5-3-2-4-6-13/h7-10,13,21H,2-6,11H2,1H3,(H,18,23)(H,20,22). The quantitative estimate of drug-likeness (QED) is 0.543. The molecule has 0 aliphatic heterocycles. The van der Waals surface area contributed by atoms with Crippen LogP contribution in [-0.2, 0) is 9.59 Å². The Labute approximate surface area is 141 Å². The number of hydrogen-bond donors (Lipinski definition) is 3. The number of phenols is 1. The third-order valence-corrected chi connectivity index (χ3v) is 4.00. The molecule has 130 valence electrons. The van der Waals surface area contributed by atoms with Gasteiger partial charge in [0, 0.05) is 5.92 Å². The molecule has 3 N–H and O–H groups in total. The summed E-state index contributed by atoms with van der Waals surface area (Å²) in [7, 11) is 1.46. The molecule has 2 amide bonds. The molecule has 0 bridgehead atoms. The number of ether oxygens (including phenoxy) is 1. The maximum atomic E-state index is 11.9. The average Bonchev–Trinajstić information content (AvgIpc) is 2.60. The van der Waals surface area contributed by atoms with Crippen molar-refractivity contribution in [2.75, 3.05) is 13.7 Å². The first-order chi connectivity index (χ1) is 11.6. The fourth-order valence-corrected chi connectivity index (χ4v) is 2.68. The lowest BCUT2D eigenvalue weighted by Gasteiger charge is -2.20. The highest BCUT2D eigenvalue weighted by Gasteiger charge is 2.21. The van der Waals surface area contributed by atoms with E-state index in [1.54, 1.807) is 12.1 Å². The normalized spacial score (nSPS) is 15.2. The van der Waals surface area contributed by atoms with E-state index in [0.717, 1.165) is 25.7 Å². The number of hydrogen-bond acceptors (Lipinski definition) is 5. The van der Waals surface area contributed by atoms with Crippen LogP contribution in [0.5, 0.6) is 11.5 Å². The molecular weight excluding hydrogens is 310 g/mol. The van der Waals surface area contributed by atoms with Gasteiger partial charge in [-0.25, -0.2) is 5.43 Å². The minimum Gasteiger partial charge on any atom is -0.504 e. The van der Waals surface area contributed by atoms with Crippen LogP contribution in [0.25, 0.3) is 0 Å². The predicted octanol–water partition coefficient (Wildman–Crippen LogP) is 1.55. The van der Waals surface area contributed by atoms with E-state index in [0.29, 0.717) is 11.3 Å². The number of nitrogens with zero attached hydrogens (tertiary/aromatic N) is 1. The van der Waals surface area contributed by atoms with E-state index >= 15 is 0 Å². The molecule has 0 aromatic heterocycles. The molecule has 7 nitrogen and oxygen atoms in total. The molecule has 1 aliphatic rings. The summed E-state index contributed by atoms with van der Waals surface area (Å²) in [6.07, 6.45) is 6.52. The lowest BCUT2D eigenvalue weighted by atomic mass is 9.89.